The van der Waals surface area contributed by atoms with Crippen LogP contribution in [0.15, 0.2) is 42.5 Å². The molecule has 0 spiro atoms. The van der Waals surface area contributed by atoms with Crippen molar-refractivity contribution in [2.75, 3.05) is 16.8 Å². The van der Waals surface area contributed by atoms with Gasteiger partial charge in [0.1, 0.15) is 0 Å². The first kappa shape index (κ1) is 16.0. The lowest BCUT2D eigenvalue weighted by molar-refractivity contribution is -0.384. The molecule has 0 bridgehead atoms. The summed E-state index contributed by atoms with van der Waals surface area (Å²) in [4.78, 5) is 24.9. The molecule has 0 saturated heterocycles. The predicted molar refractivity (Wildman–Crippen MR) is 93.4 cm³/mol. The molecule has 2 aromatic rings. The molecule has 1 amide bonds. The number of fused-ring (bicyclic) bond motifs is 1. The number of anilines is 2. The van der Waals surface area contributed by atoms with Crippen molar-refractivity contribution >= 4 is 23.0 Å². The lowest BCUT2D eigenvalue weighted by atomic mass is 10.1. The number of carbonyl (C=O) groups excluding carboxylic acids is 1. The van der Waals surface area contributed by atoms with E-state index in [0.29, 0.717) is 5.69 Å². The standard InChI is InChI=1S/C18H19N3O3/c1-12-7-8-15(21(23)24)10-16(12)19-18(22)11-20-13(2)9-14-5-3-4-6-17(14)20/h3-8,10,13H,9,11H2,1-2H3,(H,19,22). The van der Waals surface area contributed by atoms with E-state index in [2.05, 4.69) is 23.2 Å². The highest BCUT2D eigenvalue weighted by molar-refractivity contribution is 5.95. The second-order valence-electron chi connectivity index (χ2n) is 6.11. The molecule has 1 aliphatic heterocycles. The van der Waals surface area contributed by atoms with Crippen molar-refractivity contribution in [3.8, 4) is 0 Å². The zero-order valence-corrected chi connectivity index (χ0v) is 13.7. The highest BCUT2D eigenvalue weighted by Crippen LogP contribution is 2.31. The third kappa shape index (κ3) is 3.08. The van der Waals surface area contributed by atoms with E-state index >= 15 is 0 Å². The van der Waals surface area contributed by atoms with Crippen molar-refractivity contribution in [2.45, 2.75) is 26.3 Å². The van der Waals surface area contributed by atoms with E-state index in [4.69, 9.17) is 0 Å². The summed E-state index contributed by atoms with van der Waals surface area (Å²) in [5.74, 6) is -0.179. The van der Waals surface area contributed by atoms with Crippen molar-refractivity contribution in [1.29, 1.82) is 0 Å². The summed E-state index contributed by atoms with van der Waals surface area (Å²) in [5, 5.41) is 13.7. The van der Waals surface area contributed by atoms with Crippen LogP contribution in [0.5, 0.6) is 0 Å². The Kier molecular flexibility index (Phi) is 4.20. The molecule has 6 heteroatoms. The van der Waals surface area contributed by atoms with Gasteiger partial charge in [-0.1, -0.05) is 24.3 Å². The van der Waals surface area contributed by atoms with Gasteiger partial charge in [0.05, 0.1) is 17.2 Å². The number of hydrogen-bond donors (Lipinski definition) is 1. The average Bonchev–Trinajstić information content (AvgIpc) is 2.85. The van der Waals surface area contributed by atoms with Crippen molar-refractivity contribution in [3.05, 3.63) is 63.7 Å². The number of amides is 1. The number of nitro groups is 1. The fourth-order valence-electron chi connectivity index (χ4n) is 3.07. The normalized spacial score (nSPS) is 15.9. The molecule has 0 aromatic heterocycles. The summed E-state index contributed by atoms with van der Waals surface area (Å²) in [6.07, 6.45) is 0.916. The van der Waals surface area contributed by atoms with Crippen LogP contribution in [-0.4, -0.2) is 23.4 Å². The third-order valence-electron chi connectivity index (χ3n) is 4.37. The van der Waals surface area contributed by atoms with E-state index in [-0.39, 0.29) is 24.2 Å². The number of para-hydroxylation sites is 1. The summed E-state index contributed by atoms with van der Waals surface area (Å²) in [5.41, 5.74) is 3.56. The van der Waals surface area contributed by atoms with Crippen LogP contribution in [0.2, 0.25) is 0 Å². The van der Waals surface area contributed by atoms with Crippen molar-refractivity contribution in [2.24, 2.45) is 0 Å². The summed E-state index contributed by atoms with van der Waals surface area (Å²) >= 11 is 0. The topological polar surface area (TPSA) is 75.5 Å². The molecule has 124 valence electrons. The van der Waals surface area contributed by atoms with Gasteiger partial charge >= 0.3 is 0 Å². The van der Waals surface area contributed by atoms with E-state index in [9.17, 15) is 14.9 Å². The number of rotatable bonds is 4. The largest absolute Gasteiger partial charge is 0.359 e. The van der Waals surface area contributed by atoms with E-state index < -0.39 is 4.92 Å². The maximum absolute atomic E-state index is 12.4. The van der Waals surface area contributed by atoms with Crippen molar-refractivity contribution < 1.29 is 9.72 Å². The molecular weight excluding hydrogens is 306 g/mol. The molecule has 24 heavy (non-hydrogen) atoms. The van der Waals surface area contributed by atoms with Gasteiger partial charge in [-0.15, -0.1) is 0 Å². The van der Waals surface area contributed by atoms with Crippen LogP contribution < -0.4 is 10.2 Å². The van der Waals surface area contributed by atoms with Crippen LogP contribution in [-0.2, 0) is 11.2 Å². The van der Waals surface area contributed by atoms with Crippen LogP contribution >= 0.6 is 0 Å². The minimum atomic E-state index is -0.464. The molecule has 2 aromatic carbocycles. The van der Waals surface area contributed by atoms with Crippen LogP contribution in [0.25, 0.3) is 0 Å². The number of hydrogen-bond acceptors (Lipinski definition) is 4. The fraction of sp³-hybridized carbons (Fsp3) is 0.278. The zero-order valence-electron chi connectivity index (χ0n) is 13.7. The van der Waals surface area contributed by atoms with Crippen molar-refractivity contribution in [3.63, 3.8) is 0 Å². The molecule has 3 rings (SSSR count). The smallest absolute Gasteiger partial charge is 0.271 e. The highest BCUT2D eigenvalue weighted by Gasteiger charge is 2.27. The zero-order chi connectivity index (χ0) is 17.3. The number of aryl methyl sites for hydroxylation is 1. The van der Waals surface area contributed by atoms with Gasteiger partial charge in [-0.25, -0.2) is 0 Å². The lowest BCUT2D eigenvalue weighted by Gasteiger charge is -2.24. The first-order valence-corrected chi connectivity index (χ1v) is 7.85. The number of carbonyl (C=O) groups is 1. The SMILES string of the molecule is Cc1ccc([N+](=O)[O-])cc1NC(=O)CN1c2ccccc2CC1C. The van der Waals surface area contributed by atoms with Gasteiger partial charge in [-0.2, -0.15) is 0 Å². The molecule has 0 aliphatic carbocycles. The minimum absolute atomic E-state index is 0.0317. The average molecular weight is 325 g/mol. The number of non-ortho nitro benzene ring substituents is 1. The number of nitrogens with zero attached hydrogens (tertiary/aromatic N) is 2. The molecular formula is C18H19N3O3. The van der Waals surface area contributed by atoms with Crippen LogP contribution in [0.4, 0.5) is 17.1 Å². The molecule has 6 nitrogen and oxygen atoms in total. The second kappa shape index (κ2) is 6.31. The summed E-state index contributed by atoms with van der Waals surface area (Å²) < 4.78 is 0. The Morgan fingerprint density at radius 3 is 2.83 bits per heavy atom. The third-order valence-corrected chi connectivity index (χ3v) is 4.37. The molecule has 1 N–H and O–H groups in total. The van der Waals surface area contributed by atoms with Gasteiger partial charge in [0, 0.05) is 23.9 Å². The summed E-state index contributed by atoms with van der Waals surface area (Å²) in [6, 6.07) is 12.8. The van der Waals surface area contributed by atoms with Gasteiger partial charge < -0.3 is 10.2 Å². The molecule has 1 atom stereocenters. The van der Waals surface area contributed by atoms with Crippen LogP contribution in [0, 0.1) is 17.0 Å². The van der Waals surface area contributed by atoms with E-state index in [1.165, 1.54) is 17.7 Å². The molecule has 1 unspecified atom stereocenters. The quantitative estimate of drug-likeness (QED) is 0.691. The molecule has 0 fully saturated rings. The van der Waals surface area contributed by atoms with E-state index in [1.807, 2.05) is 25.1 Å². The van der Waals surface area contributed by atoms with Crippen LogP contribution in [0.3, 0.4) is 0 Å². The Labute approximate surface area is 140 Å². The van der Waals surface area contributed by atoms with Gasteiger partial charge in [0.25, 0.3) is 5.69 Å². The number of nitrogens with one attached hydrogen (secondary N) is 1. The van der Waals surface area contributed by atoms with Crippen molar-refractivity contribution in [1.82, 2.24) is 0 Å². The Bertz CT molecular complexity index is 804. The predicted octanol–water partition coefficient (Wildman–Crippen LogP) is 3.29. The van der Waals surface area contributed by atoms with E-state index in [1.54, 1.807) is 6.07 Å². The Morgan fingerprint density at radius 1 is 1.33 bits per heavy atom. The maximum Gasteiger partial charge on any atom is 0.271 e. The lowest BCUT2D eigenvalue weighted by Crippen LogP contribution is -2.37. The number of nitro benzene ring substituents is 1. The molecule has 1 aliphatic rings. The summed E-state index contributed by atoms with van der Waals surface area (Å²) in [7, 11) is 0. The Hall–Kier alpha value is -2.89. The molecule has 0 saturated carbocycles. The van der Waals surface area contributed by atoms with Gasteiger partial charge in [-0.3, -0.25) is 14.9 Å². The minimum Gasteiger partial charge on any atom is -0.359 e. The van der Waals surface area contributed by atoms with Crippen LogP contribution in [0.1, 0.15) is 18.1 Å². The highest BCUT2D eigenvalue weighted by atomic mass is 16.6. The second-order valence-corrected chi connectivity index (χ2v) is 6.11. The first-order chi connectivity index (χ1) is 11.5. The first-order valence-electron chi connectivity index (χ1n) is 7.85. The van der Waals surface area contributed by atoms with Gasteiger partial charge in [0.2, 0.25) is 5.91 Å². The van der Waals surface area contributed by atoms with Gasteiger partial charge in [0.15, 0.2) is 0 Å². The fourth-order valence-corrected chi connectivity index (χ4v) is 3.07. The Balaban J connectivity index is 1.75. The Morgan fingerprint density at radius 2 is 2.08 bits per heavy atom. The monoisotopic (exact) mass is 325 g/mol. The summed E-state index contributed by atoms with van der Waals surface area (Å²) in [6.45, 7) is 4.12. The van der Waals surface area contributed by atoms with E-state index in [0.717, 1.165) is 17.7 Å². The molecule has 1 heterocycles. The number of benzene rings is 2. The maximum atomic E-state index is 12.4. The van der Waals surface area contributed by atoms with Gasteiger partial charge in [-0.05, 0) is 37.5 Å². The molecule has 0 radical (unpaired) electrons.